The summed E-state index contributed by atoms with van der Waals surface area (Å²) in [5, 5.41) is 0. The van der Waals surface area contributed by atoms with E-state index in [9.17, 15) is 0 Å². The summed E-state index contributed by atoms with van der Waals surface area (Å²) in [5.74, 6) is 7.30. The maximum atomic E-state index is 5.65. The Bertz CT molecular complexity index is 623. The van der Waals surface area contributed by atoms with E-state index in [1.807, 2.05) is 18.2 Å². The van der Waals surface area contributed by atoms with Crippen LogP contribution >= 0.6 is 0 Å². The summed E-state index contributed by atoms with van der Waals surface area (Å²) in [7, 11) is 2.13. The van der Waals surface area contributed by atoms with E-state index in [4.69, 9.17) is 4.74 Å². The minimum absolute atomic E-state index is 0.0624. The van der Waals surface area contributed by atoms with Crippen LogP contribution in [0, 0.1) is 17.3 Å². The van der Waals surface area contributed by atoms with Crippen LogP contribution in [0.5, 0.6) is 5.75 Å². The lowest BCUT2D eigenvalue weighted by Crippen LogP contribution is -2.22. The van der Waals surface area contributed by atoms with Gasteiger partial charge in [0.15, 0.2) is 0 Å². The van der Waals surface area contributed by atoms with Gasteiger partial charge in [0.05, 0.1) is 0 Å². The van der Waals surface area contributed by atoms with E-state index in [2.05, 4.69) is 68.8 Å². The van der Waals surface area contributed by atoms with Crippen LogP contribution < -0.4 is 4.74 Å². The first kappa shape index (κ1) is 16.4. The van der Waals surface area contributed by atoms with Crippen molar-refractivity contribution >= 4 is 5.57 Å². The molecule has 0 atom stereocenters. The van der Waals surface area contributed by atoms with Crippen LogP contribution in [-0.2, 0) is 0 Å². The molecule has 0 amide bonds. The third-order valence-corrected chi connectivity index (χ3v) is 3.31. The highest BCUT2D eigenvalue weighted by atomic mass is 16.5. The summed E-state index contributed by atoms with van der Waals surface area (Å²) >= 11 is 0. The Labute approximate surface area is 134 Å². The number of nitrogens with zero attached hydrogens (tertiary/aromatic N) is 1. The topological polar surface area (TPSA) is 12.5 Å². The molecule has 1 aromatic rings. The fourth-order valence-corrected chi connectivity index (χ4v) is 2.25. The Morgan fingerprint density at radius 1 is 1.27 bits per heavy atom. The molecule has 0 unspecified atom stereocenters. The van der Waals surface area contributed by atoms with Crippen molar-refractivity contribution in [3.8, 4) is 17.6 Å². The second kappa shape index (κ2) is 7.33. The van der Waals surface area contributed by atoms with E-state index in [1.54, 1.807) is 0 Å². The molecule has 0 saturated carbocycles. The van der Waals surface area contributed by atoms with Gasteiger partial charge in [0, 0.05) is 24.1 Å². The lowest BCUT2D eigenvalue weighted by molar-refractivity contribution is 0.352. The molecule has 0 aromatic heterocycles. The van der Waals surface area contributed by atoms with Crippen molar-refractivity contribution < 1.29 is 4.74 Å². The number of fused-ring (bicyclic) bond motifs is 1. The Morgan fingerprint density at radius 2 is 2.05 bits per heavy atom. The van der Waals surface area contributed by atoms with Gasteiger partial charge >= 0.3 is 0 Å². The number of rotatable bonds is 4. The van der Waals surface area contributed by atoms with Crippen LogP contribution in [-0.4, -0.2) is 31.6 Å². The first-order chi connectivity index (χ1) is 10.5. The maximum absolute atomic E-state index is 5.65. The van der Waals surface area contributed by atoms with Gasteiger partial charge in [-0.15, -0.1) is 0 Å². The molecule has 0 spiro atoms. The summed E-state index contributed by atoms with van der Waals surface area (Å²) in [6, 6.07) is 8.23. The lowest BCUT2D eigenvalue weighted by Gasteiger charge is -2.22. The molecule has 0 N–H and O–H groups in total. The molecule has 2 rings (SSSR count). The van der Waals surface area contributed by atoms with Crippen LogP contribution in [0.2, 0.25) is 0 Å². The minimum atomic E-state index is 0.0624. The summed E-state index contributed by atoms with van der Waals surface area (Å²) in [4.78, 5) is 2.28. The zero-order valence-electron chi connectivity index (χ0n) is 14.0. The molecular weight excluding hydrogens is 270 g/mol. The van der Waals surface area contributed by atoms with Crippen molar-refractivity contribution in [2.75, 3.05) is 26.7 Å². The second-order valence-corrected chi connectivity index (χ2v) is 6.65. The third kappa shape index (κ3) is 5.09. The average Bonchev–Trinajstić information content (AvgIpc) is 2.46. The standard InChI is InChI=1S/C20H25NO/c1-20(2,3)13-8-5-9-14-21(4)16-17-12-15-22-19-11-7-6-10-18(17)19/h5-7,9-12H,14-16H2,1-4H3. The highest BCUT2D eigenvalue weighted by Crippen LogP contribution is 2.29. The van der Waals surface area contributed by atoms with E-state index < -0.39 is 0 Å². The van der Waals surface area contributed by atoms with E-state index in [-0.39, 0.29) is 5.41 Å². The lowest BCUT2D eigenvalue weighted by atomic mass is 9.98. The first-order valence-electron chi connectivity index (χ1n) is 7.73. The molecule has 0 aliphatic carbocycles. The van der Waals surface area contributed by atoms with Crippen molar-refractivity contribution in [2.45, 2.75) is 20.8 Å². The molecule has 0 saturated heterocycles. The fraction of sp³-hybridized carbons (Fsp3) is 0.400. The largest absolute Gasteiger partial charge is 0.489 e. The van der Waals surface area contributed by atoms with Crippen molar-refractivity contribution in [1.29, 1.82) is 0 Å². The average molecular weight is 295 g/mol. The number of likely N-dealkylation sites (N-methyl/N-ethyl adjacent to an activating group) is 1. The number of allylic oxidation sites excluding steroid dienone is 1. The number of benzene rings is 1. The van der Waals surface area contributed by atoms with Gasteiger partial charge in [-0.1, -0.05) is 36.1 Å². The third-order valence-electron chi connectivity index (χ3n) is 3.31. The van der Waals surface area contributed by atoms with Crippen molar-refractivity contribution in [2.24, 2.45) is 5.41 Å². The van der Waals surface area contributed by atoms with Gasteiger partial charge in [-0.25, -0.2) is 0 Å². The van der Waals surface area contributed by atoms with Gasteiger partial charge in [-0.3, -0.25) is 4.90 Å². The fourth-order valence-electron chi connectivity index (χ4n) is 2.25. The van der Waals surface area contributed by atoms with Crippen LogP contribution in [0.4, 0.5) is 0 Å². The molecule has 22 heavy (non-hydrogen) atoms. The molecular formula is C20H25NO. The molecule has 116 valence electrons. The summed E-state index contributed by atoms with van der Waals surface area (Å²) in [6.45, 7) is 8.82. The van der Waals surface area contributed by atoms with Crippen LogP contribution in [0.1, 0.15) is 26.3 Å². The first-order valence-corrected chi connectivity index (χ1v) is 7.73. The normalized spacial score (nSPS) is 14.1. The molecule has 0 fully saturated rings. The molecule has 1 heterocycles. The van der Waals surface area contributed by atoms with Gasteiger partial charge in [0.2, 0.25) is 0 Å². The highest BCUT2D eigenvalue weighted by Gasteiger charge is 2.13. The van der Waals surface area contributed by atoms with E-state index in [0.717, 1.165) is 18.8 Å². The highest BCUT2D eigenvalue weighted by molar-refractivity contribution is 5.73. The summed E-state index contributed by atoms with van der Waals surface area (Å²) in [6.07, 6.45) is 6.24. The molecule has 2 heteroatoms. The van der Waals surface area contributed by atoms with Crippen molar-refractivity contribution in [3.05, 3.63) is 48.1 Å². The Balaban J connectivity index is 1.90. The van der Waals surface area contributed by atoms with Gasteiger partial charge in [0.1, 0.15) is 12.4 Å². The number of para-hydroxylation sites is 1. The summed E-state index contributed by atoms with van der Waals surface area (Å²) < 4.78 is 5.65. The van der Waals surface area contributed by atoms with Gasteiger partial charge in [-0.05, 0) is 51.6 Å². The monoisotopic (exact) mass is 295 g/mol. The maximum Gasteiger partial charge on any atom is 0.127 e. The van der Waals surface area contributed by atoms with Gasteiger partial charge in [-0.2, -0.15) is 0 Å². The smallest absolute Gasteiger partial charge is 0.127 e. The predicted octanol–water partition coefficient (Wildman–Crippen LogP) is 4.00. The minimum Gasteiger partial charge on any atom is -0.489 e. The second-order valence-electron chi connectivity index (χ2n) is 6.65. The Morgan fingerprint density at radius 3 is 2.82 bits per heavy atom. The predicted molar refractivity (Wildman–Crippen MR) is 93.8 cm³/mol. The number of hydrogen-bond acceptors (Lipinski definition) is 2. The Kier molecular flexibility index (Phi) is 5.46. The van der Waals surface area contributed by atoms with Gasteiger partial charge < -0.3 is 4.74 Å². The zero-order chi connectivity index (χ0) is 16.0. The molecule has 0 radical (unpaired) electrons. The molecule has 2 nitrogen and oxygen atoms in total. The quantitative estimate of drug-likeness (QED) is 0.779. The molecule has 1 aliphatic heterocycles. The van der Waals surface area contributed by atoms with Crippen LogP contribution in [0.25, 0.3) is 5.57 Å². The SMILES string of the molecule is CN(CC=CC#CC(C)(C)C)CC1=CCOc2ccccc21. The van der Waals surface area contributed by atoms with E-state index in [1.165, 1.54) is 11.1 Å². The zero-order valence-corrected chi connectivity index (χ0v) is 14.0. The molecule has 0 bridgehead atoms. The molecule has 1 aromatic carbocycles. The van der Waals surface area contributed by atoms with E-state index in [0.29, 0.717) is 6.61 Å². The van der Waals surface area contributed by atoms with Crippen molar-refractivity contribution in [3.63, 3.8) is 0 Å². The number of ether oxygens (including phenoxy) is 1. The molecule has 1 aliphatic rings. The van der Waals surface area contributed by atoms with Gasteiger partial charge in [0.25, 0.3) is 0 Å². The number of hydrogen-bond donors (Lipinski definition) is 0. The Hall–Kier alpha value is -1.98. The van der Waals surface area contributed by atoms with E-state index >= 15 is 0 Å². The van der Waals surface area contributed by atoms with Crippen LogP contribution in [0.3, 0.4) is 0 Å². The van der Waals surface area contributed by atoms with Crippen LogP contribution in [0.15, 0.2) is 42.5 Å². The van der Waals surface area contributed by atoms with Crippen molar-refractivity contribution in [1.82, 2.24) is 4.90 Å². The summed E-state index contributed by atoms with van der Waals surface area (Å²) in [5.41, 5.74) is 2.60.